The quantitative estimate of drug-likeness (QED) is 0.686. The third kappa shape index (κ3) is 2.03. The van der Waals surface area contributed by atoms with Gasteiger partial charge in [0.15, 0.2) is 0 Å². The zero-order valence-electron chi connectivity index (χ0n) is 8.04. The van der Waals surface area contributed by atoms with E-state index in [1.54, 1.807) is 0 Å². The summed E-state index contributed by atoms with van der Waals surface area (Å²) in [6, 6.07) is 1.98. The van der Waals surface area contributed by atoms with Crippen LogP contribution in [0.4, 0.5) is 0 Å². The summed E-state index contributed by atoms with van der Waals surface area (Å²) in [5.41, 5.74) is 1.14. The molecule has 0 aliphatic carbocycles. The summed E-state index contributed by atoms with van der Waals surface area (Å²) in [6.07, 6.45) is 3.95. The van der Waals surface area contributed by atoms with Crippen molar-refractivity contribution in [1.29, 1.82) is 0 Å². The molecule has 0 amide bonds. The molecular weight excluding hydrogens is 148 g/mol. The summed E-state index contributed by atoms with van der Waals surface area (Å²) >= 11 is 0. The molecule has 66 valence electrons. The normalized spacial score (nSPS) is 12.9. The zero-order valence-corrected chi connectivity index (χ0v) is 8.04. The molecule has 1 atom stereocenters. The fraction of sp³-hybridized carbons (Fsp3) is 0.600. The number of aromatic nitrogens is 2. The van der Waals surface area contributed by atoms with Crippen LogP contribution in [0.3, 0.4) is 0 Å². The van der Waals surface area contributed by atoms with E-state index in [-0.39, 0.29) is 0 Å². The molecule has 0 saturated heterocycles. The van der Waals surface area contributed by atoms with Crippen LogP contribution in [0.1, 0.15) is 44.6 Å². The monoisotopic (exact) mass is 164 g/mol. The Bertz CT molecular complexity index is 245. The predicted molar refractivity (Wildman–Crippen MR) is 50.1 cm³/mol. The van der Waals surface area contributed by atoms with E-state index in [0.29, 0.717) is 5.92 Å². The molecule has 0 spiro atoms. The molecule has 0 fully saturated rings. The Morgan fingerprint density at radius 1 is 1.42 bits per heavy atom. The van der Waals surface area contributed by atoms with E-state index in [0.717, 1.165) is 24.4 Å². The van der Waals surface area contributed by atoms with Crippen LogP contribution < -0.4 is 0 Å². The van der Waals surface area contributed by atoms with Crippen LogP contribution >= 0.6 is 0 Å². The first-order chi connectivity index (χ1) is 5.77. The third-order valence-electron chi connectivity index (χ3n) is 2.15. The largest absolute Gasteiger partial charge is 0.241 e. The molecule has 0 saturated carbocycles. The van der Waals surface area contributed by atoms with Crippen LogP contribution in [0.2, 0.25) is 0 Å². The lowest BCUT2D eigenvalue weighted by Gasteiger charge is -2.06. The number of aryl methyl sites for hydroxylation is 1. The first-order valence-corrected chi connectivity index (χ1v) is 4.59. The Morgan fingerprint density at radius 2 is 2.17 bits per heavy atom. The molecule has 0 N–H and O–H groups in total. The van der Waals surface area contributed by atoms with E-state index in [9.17, 15) is 0 Å². The molecule has 1 heterocycles. The number of hydrogen-bond donors (Lipinski definition) is 0. The minimum Gasteiger partial charge on any atom is -0.241 e. The molecule has 1 aromatic heterocycles. The Morgan fingerprint density at radius 3 is 2.75 bits per heavy atom. The molecule has 1 rings (SSSR count). The average Bonchev–Trinajstić information content (AvgIpc) is 2.17. The summed E-state index contributed by atoms with van der Waals surface area (Å²) in [4.78, 5) is 8.70. The van der Waals surface area contributed by atoms with Gasteiger partial charge in [-0.15, -0.1) is 0 Å². The second-order valence-electron chi connectivity index (χ2n) is 3.07. The van der Waals surface area contributed by atoms with E-state index < -0.39 is 0 Å². The van der Waals surface area contributed by atoms with Crippen molar-refractivity contribution in [1.82, 2.24) is 9.97 Å². The van der Waals surface area contributed by atoms with Gasteiger partial charge in [-0.2, -0.15) is 0 Å². The van der Waals surface area contributed by atoms with Gasteiger partial charge < -0.3 is 0 Å². The lowest BCUT2D eigenvalue weighted by atomic mass is 10.1. The second-order valence-corrected chi connectivity index (χ2v) is 3.07. The van der Waals surface area contributed by atoms with E-state index in [1.807, 2.05) is 12.3 Å². The van der Waals surface area contributed by atoms with Crippen molar-refractivity contribution >= 4 is 0 Å². The van der Waals surface area contributed by atoms with Gasteiger partial charge in [-0.3, -0.25) is 0 Å². The molecule has 2 nitrogen and oxygen atoms in total. The molecule has 0 aromatic carbocycles. The van der Waals surface area contributed by atoms with Gasteiger partial charge in [0.1, 0.15) is 5.82 Å². The molecule has 2 heteroatoms. The molecular formula is C10H16N2. The molecule has 0 bridgehead atoms. The van der Waals surface area contributed by atoms with E-state index in [1.165, 1.54) is 0 Å². The highest BCUT2D eigenvalue weighted by atomic mass is 14.9. The maximum absolute atomic E-state index is 4.45. The van der Waals surface area contributed by atoms with Crippen LogP contribution in [-0.2, 0) is 6.42 Å². The standard InChI is InChI=1S/C10H16N2/c1-4-8(3)10-11-7-6-9(5-2)12-10/h6-8H,4-5H2,1-3H3. The zero-order chi connectivity index (χ0) is 8.97. The SMILES string of the molecule is CCc1ccnc(C(C)CC)n1. The summed E-state index contributed by atoms with van der Waals surface area (Å²) in [5, 5.41) is 0. The van der Waals surface area contributed by atoms with Gasteiger partial charge in [0.2, 0.25) is 0 Å². The number of rotatable bonds is 3. The summed E-state index contributed by atoms with van der Waals surface area (Å²) in [7, 11) is 0. The van der Waals surface area contributed by atoms with Crippen molar-refractivity contribution in [2.75, 3.05) is 0 Å². The van der Waals surface area contributed by atoms with Crippen LogP contribution in [-0.4, -0.2) is 9.97 Å². The summed E-state index contributed by atoms with van der Waals surface area (Å²) in [6.45, 7) is 6.43. The van der Waals surface area contributed by atoms with E-state index >= 15 is 0 Å². The molecule has 0 aliphatic rings. The first-order valence-electron chi connectivity index (χ1n) is 4.59. The molecule has 1 aromatic rings. The van der Waals surface area contributed by atoms with Gasteiger partial charge in [0.25, 0.3) is 0 Å². The first kappa shape index (κ1) is 9.17. The lowest BCUT2D eigenvalue weighted by molar-refractivity contribution is 0.671. The van der Waals surface area contributed by atoms with Gasteiger partial charge >= 0.3 is 0 Å². The Hall–Kier alpha value is -0.920. The lowest BCUT2D eigenvalue weighted by Crippen LogP contribution is -2.01. The van der Waals surface area contributed by atoms with E-state index in [4.69, 9.17) is 0 Å². The van der Waals surface area contributed by atoms with Crippen LogP contribution in [0.15, 0.2) is 12.3 Å². The van der Waals surface area contributed by atoms with Crippen LogP contribution in [0.25, 0.3) is 0 Å². The Kier molecular flexibility index (Phi) is 3.20. The second kappa shape index (κ2) is 4.19. The van der Waals surface area contributed by atoms with Crippen molar-refractivity contribution in [3.05, 3.63) is 23.8 Å². The van der Waals surface area contributed by atoms with E-state index in [2.05, 4.69) is 30.7 Å². The average molecular weight is 164 g/mol. The van der Waals surface area contributed by atoms with Crippen molar-refractivity contribution in [3.8, 4) is 0 Å². The Labute approximate surface area is 74.1 Å². The maximum Gasteiger partial charge on any atom is 0.131 e. The van der Waals surface area contributed by atoms with Crippen molar-refractivity contribution in [2.24, 2.45) is 0 Å². The fourth-order valence-electron chi connectivity index (χ4n) is 1.03. The van der Waals surface area contributed by atoms with Crippen LogP contribution in [0, 0.1) is 0 Å². The molecule has 0 radical (unpaired) electrons. The summed E-state index contributed by atoms with van der Waals surface area (Å²) in [5.74, 6) is 1.47. The predicted octanol–water partition coefficient (Wildman–Crippen LogP) is 2.55. The van der Waals surface area contributed by atoms with Crippen molar-refractivity contribution < 1.29 is 0 Å². The minimum absolute atomic E-state index is 0.483. The number of nitrogens with zero attached hydrogens (tertiary/aromatic N) is 2. The van der Waals surface area contributed by atoms with Crippen molar-refractivity contribution in [2.45, 2.75) is 39.5 Å². The highest BCUT2D eigenvalue weighted by Crippen LogP contribution is 2.13. The third-order valence-corrected chi connectivity index (χ3v) is 2.15. The molecule has 0 aliphatic heterocycles. The number of hydrogen-bond acceptors (Lipinski definition) is 2. The highest BCUT2D eigenvalue weighted by molar-refractivity contribution is 5.04. The smallest absolute Gasteiger partial charge is 0.131 e. The van der Waals surface area contributed by atoms with Crippen molar-refractivity contribution in [3.63, 3.8) is 0 Å². The summed E-state index contributed by atoms with van der Waals surface area (Å²) < 4.78 is 0. The topological polar surface area (TPSA) is 25.8 Å². The van der Waals surface area contributed by atoms with Gasteiger partial charge in [0.05, 0.1) is 0 Å². The van der Waals surface area contributed by atoms with Crippen LogP contribution in [0.5, 0.6) is 0 Å². The minimum atomic E-state index is 0.483. The Balaban J connectivity index is 2.86. The molecule has 12 heavy (non-hydrogen) atoms. The van der Waals surface area contributed by atoms with Gasteiger partial charge in [-0.1, -0.05) is 20.8 Å². The van der Waals surface area contributed by atoms with Gasteiger partial charge in [-0.25, -0.2) is 9.97 Å². The highest BCUT2D eigenvalue weighted by Gasteiger charge is 2.05. The maximum atomic E-state index is 4.45. The molecule has 1 unspecified atom stereocenters. The van der Waals surface area contributed by atoms with Gasteiger partial charge in [-0.05, 0) is 18.9 Å². The fourth-order valence-corrected chi connectivity index (χ4v) is 1.03. The van der Waals surface area contributed by atoms with Gasteiger partial charge in [0, 0.05) is 17.8 Å².